The molecule has 0 bridgehead atoms. The highest BCUT2D eigenvalue weighted by Crippen LogP contribution is 2.12. The second-order valence-corrected chi connectivity index (χ2v) is 2.71. The summed E-state index contributed by atoms with van der Waals surface area (Å²) >= 11 is 0. The fraction of sp³-hybridized carbons (Fsp3) is 0.200. The van der Waals surface area contributed by atoms with Crippen molar-refractivity contribution in [3.8, 4) is 5.75 Å². The predicted octanol–water partition coefficient (Wildman–Crippen LogP) is 0.510. The zero-order valence-electron chi connectivity index (χ0n) is 7.82. The van der Waals surface area contributed by atoms with Gasteiger partial charge in [-0.05, 0) is 17.7 Å². The van der Waals surface area contributed by atoms with Gasteiger partial charge in [-0.1, -0.05) is 12.1 Å². The van der Waals surface area contributed by atoms with E-state index in [0.717, 1.165) is 5.56 Å². The molecule has 0 atom stereocenters. The third-order valence-corrected chi connectivity index (χ3v) is 1.72. The minimum Gasteiger partial charge on any atom is -0.497 e. The van der Waals surface area contributed by atoms with Gasteiger partial charge in [0.2, 0.25) is 12.3 Å². The van der Waals surface area contributed by atoms with E-state index in [2.05, 4.69) is 5.32 Å². The standard InChI is InChI=1S/C10H11NO3/c1-14-9-4-2-3-8(5-9)6-10(13)11-7-12/h2-5,7H,6H2,1H3,(H,11,12,13). The maximum atomic E-state index is 11.0. The molecule has 1 rings (SSSR count). The van der Waals surface area contributed by atoms with Crippen LogP contribution in [0.1, 0.15) is 5.56 Å². The zero-order valence-corrected chi connectivity index (χ0v) is 7.82. The molecule has 14 heavy (non-hydrogen) atoms. The topological polar surface area (TPSA) is 55.4 Å². The van der Waals surface area contributed by atoms with Gasteiger partial charge in [0.15, 0.2) is 0 Å². The molecule has 0 radical (unpaired) electrons. The summed E-state index contributed by atoms with van der Waals surface area (Å²) < 4.78 is 5.00. The van der Waals surface area contributed by atoms with E-state index in [1.165, 1.54) is 0 Å². The van der Waals surface area contributed by atoms with Gasteiger partial charge in [0.05, 0.1) is 13.5 Å². The summed E-state index contributed by atoms with van der Waals surface area (Å²) in [6.45, 7) is 0. The largest absolute Gasteiger partial charge is 0.497 e. The molecule has 1 N–H and O–H groups in total. The van der Waals surface area contributed by atoms with Gasteiger partial charge in [0, 0.05) is 0 Å². The minimum atomic E-state index is -0.326. The van der Waals surface area contributed by atoms with Gasteiger partial charge in [-0.15, -0.1) is 0 Å². The number of hydrogen-bond donors (Lipinski definition) is 1. The van der Waals surface area contributed by atoms with E-state index in [0.29, 0.717) is 12.2 Å². The second-order valence-electron chi connectivity index (χ2n) is 2.71. The van der Waals surface area contributed by atoms with Crippen LogP contribution >= 0.6 is 0 Å². The normalized spacial score (nSPS) is 9.21. The Morgan fingerprint density at radius 2 is 2.36 bits per heavy atom. The Hall–Kier alpha value is -1.84. The molecule has 0 aliphatic rings. The minimum absolute atomic E-state index is 0.177. The van der Waals surface area contributed by atoms with E-state index in [-0.39, 0.29) is 12.3 Å². The van der Waals surface area contributed by atoms with Crippen LogP contribution in [0.2, 0.25) is 0 Å². The molecule has 0 aromatic heterocycles. The number of hydrogen-bond acceptors (Lipinski definition) is 3. The van der Waals surface area contributed by atoms with E-state index < -0.39 is 0 Å². The Morgan fingerprint density at radius 3 is 3.00 bits per heavy atom. The molecule has 1 aromatic carbocycles. The molecule has 74 valence electrons. The summed E-state index contributed by atoms with van der Waals surface area (Å²) in [5, 5.41) is 2.07. The maximum absolute atomic E-state index is 11.0. The Morgan fingerprint density at radius 1 is 1.57 bits per heavy atom. The van der Waals surface area contributed by atoms with Crippen LogP contribution in [-0.4, -0.2) is 19.4 Å². The van der Waals surface area contributed by atoms with Crippen LogP contribution in [0.25, 0.3) is 0 Å². The molecule has 0 spiro atoms. The van der Waals surface area contributed by atoms with E-state index >= 15 is 0 Å². The third-order valence-electron chi connectivity index (χ3n) is 1.72. The summed E-state index contributed by atoms with van der Waals surface area (Å²) in [6.07, 6.45) is 0.554. The van der Waals surface area contributed by atoms with Crippen molar-refractivity contribution in [2.24, 2.45) is 0 Å². The van der Waals surface area contributed by atoms with Crippen molar-refractivity contribution in [2.45, 2.75) is 6.42 Å². The highest BCUT2D eigenvalue weighted by molar-refractivity contribution is 5.87. The molecular formula is C10H11NO3. The molecule has 0 fully saturated rings. The van der Waals surface area contributed by atoms with Crippen LogP contribution in [0.3, 0.4) is 0 Å². The number of rotatable bonds is 4. The first kappa shape index (κ1) is 10.2. The van der Waals surface area contributed by atoms with Gasteiger partial charge in [0.1, 0.15) is 5.75 Å². The highest BCUT2D eigenvalue weighted by Gasteiger charge is 2.02. The van der Waals surface area contributed by atoms with E-state index in [9.17, 15) is 9.59 Å². The summed E-state index contributed by atoms with van der Waals surface area (Å²) in [6, 6.07) is 7.14. The van der Waals surface area contributed by atoms with Crippen LogP contribution in [0, 0.1) is 0 Å². The van der Waals surface area contributed by atoms with E-state index in [1.54, 1.807) is 31.4 Å². The van der Waals surface area contributed by atoms with Crippen LogP contribution < -0.4 is 10.1 Å². The average molecular weight is 193 g/mol. The molecule has 0 saturated carbocycles. The number of ether oxygens (including phenoxy) is 1. The van der Waals surface area contributed by atoms with Crippen LogP contribution in [0.5, 0.6) is 5.75 Å². The number of amides is 2. The Labute approximate surface area is 81.9 Å². The predicted molar refractivity (Wildman–Crippen MR) is 50.9 cm³/mol. The summed E-state index contributed by atoms with van der Waals surface area (Å²) in [7, 11) is 1.56. The van der Waals surface area contributed by atoms with Crippen molar-refractivity contribution < 1.29 is 14.3 Å². The Balaban J connectivity index is 2.66. The Kier molecular flexibility index (Phi) is 3.67. The first-order valence-electron chi connectivity index (χ1n) is 4.12. The summed E-state index contributed by atoms with van der Waals surface area (Å²) in [5.74, 6) is 0.370. The van der Waals surface area contributed by atoms with Gasteiger partial charge in [-0.3, -0.25) is 14.9 Å². The molecule has 0 heterocycles. The molecule has 4 heteroatoms. The molecular weight excluding hydrogens is 182 g/mol. The van der Waals surface area contributed by atoms with Crippen molar-refractivity contribution >= 4 is 12.3 Å². The number of carbonyl (C=O) groups excluding carboxylic acids is 2. The van der Waals surface area contributed by atoms with Crippen molar-refractivity contribution in [3.63, 3.8) is 0 Å². The second kappa shape index (κ2) is 5.01. The first-order chi connectivity index (χ1) is 6.76. The van der Waals surface area contributed by atoms with Gasteiger partial charge in [-0.2, -0.15) is 0 Å². The molecule has 0 aliphatic heterocycles. The lowest BCUT2D eigenvalue weighted by Gasteiger charge is -2.02. The lowest BCUT2D eigenvalue weighted by molar-refractivity contribution is -0.124. The van der Waals surface area contributed by atoms with Gasteiger partial charge >= 0.3 is 0 Å². The SMILES string of the molecule is COc1cccc(CC(=O)NC=O)c1. The number of methoxy groups -OCH3 is 1. The van der Waals surface area contributed by atoms with Gasteiger partial charge in [-0.25, -0.2) is 0 Å². The molecule has 4 nitrogen and oxygen atoms in total. The van der Waals surface area contributed by atoms with Crippen molar-refractivity contribution in [1.29, 1.82) is 0 Å². The highest BCUT2D eigenvalue weighted by atomic mass is 16.5. The van der Waals surface area contributed by atoms with E-state index in [4.69, 9.17) is 4.74 Å². The first-order valence-corrected chi connectivity index (χ1v) is 4.12. The van der Waals surface area contributed by atoms with Gasteiger partial charge in [0.25, 0.3) is 0 Å². The van der Waals surface area contributed by atoms with Crippen molar-refractivity contribution in [3.05, 3.63) is 29.8 Å². The Bertz CT molecular complexity index is 336. The maximum Gasteiger partial charge on any atom is 0.230 e. The van der Waals surface area contributed by atoms with Crippen molar-refractivity contribution in [1.82, 2.24) is 5.32 Å². The molecule has 1 aromatic rings. The molecule has 2 amide bonds. The number of carbonyl (C=O) groups is 2. The van der Waals surface area contributed by atoms with E-state index in [1.807, 2.05) is 0 Å². The fourth-order valence-corrected chi connectivity index (χ4v) is 1.08. The van der Waals surface area contributed by atoms with Crippen molar-refractivity contribution in [2.75, 3.05) is 7.11 Å². The smallest absolute Gasteiger partial charge is 0.230 e. The van der Waals surface area contributed by atoms with Crippen LogP contribution in [0.15, 0.2) is 24.3 Å². The average Bonchev–Trinajstić information content (AvgIpc) is 2.18. The number of imide groups is 1. The quantitative estimate of drug-likeness (QED) is 0.709. The number of benzene rings is 1. The monoisotopic (exact) mass is 193 g/mol. The zero-order chi connectivity index (χ0) is 10.4. The van der Waals surface area contributed by atoms with Crippen LogP contribution in [0.4, 0.5) is 0 Å². The summed E-state index contributed by atoms with van der Waals surface area (Å²) in [4.78, 5) is 21.0. The molecule has 0 unspecified atom stereocenters. The fourth-order valence-electron chi connectivity index (χ4n) is 1.08. The van der Waals surface area contributed by atoms with Gasteiger partial charge < -0.3 is 4.74 Å². The molecule has 0 aliphatic carbocycles. The lowest BCUT2D eigenvalue weighted by atomic mass is 10.1. The number of nitrogens with one attached hydrogen (secondary N) is 1. The summed E-state index contributed by atoms with van der Waals surface area (Å²) in [5.41, 5.74) is 0.809. The molecule has 0 saturated heterocycles. The third kappa shape index (κ3) is 2.90. The van der Waals surface area contributed by atoms with Crippen LogP contribution in [-0.2, 0) is 16.0 Å². The lowest BCUT2D eigenvalue weighted by Crippen LogP contribution is -2.23.